The quantitative estimate of drug-likeness (QED) is 0.621. The zero-order valence-corrected chi connectivity index (χ0v) is 17.1. The molecule has 0 bridgehead atoms. The summed E-state index contributed by atoms with van der Waals surface area (Å²) in [7, 11) is 0. The molecule has 0 saturated heterocycles. The van der Waals surface area contributed by atoms with Gasteiger partial charge in [0.25, 0.3) is 0 Å². The third-order valence-electron chi connectivity index (χ3n) is 7.61. The SMILES string of the molecule is CC(=O)Oc1ccc2c(c1)CCC1C2CC[C@@]2(C)C1[C@@H](C)[C@@H](O)[C@@H]2OC(C)=O. The van der Waals surface area contributed by atoms with Crippen LogP contribution in [0.1, 0.15) is 64.0 Å². The Morgan fingerprint density at radius 1 is 1.18 bits per heavy atom. The first-order valence-corrected chi connectivity index (χ1v) is 10.4. The van der Waals surface area contributed by atoms with Gasteiger partial charge in [-0.1, -0.05) is 19.9 Å². The summed E-state index contributed by atoms with van der Waals surface area (Å²) >= 11 is 0. The van der Waals surface area contributed by atoms with Gasteiger partial charge in [0, 0.05) is 19.3 Å². The Morgan fingerprint density at radius 2 is 1.93 bits per heavy atom. The van der Waals surface area contributed by atoms with Gasteiger partial charge < -0.3 is 14.6 Å². The van der Waals surface area contributed by atoms with Gasteiger partial charge in [0.2, 0.25) is 0 Å². The minimum Gasteiger partial charge on any atom is -0.459 e. The van der Waals surface area contributed by atoms with E-state index in [1.165, 1.54) is 25.0 Å². The Morgan fingerprint density at radius 3 is 2.61 bits per heavy atom. The molecule has 0 aromatic heterocycles. The van der Waals surface area contributed by atoms with Crippen molar-refractivity contribution in [3.8, 4) is 5.75 Å². The molecule has 5 heteroatoms. The van der Waals surface area contributed by atoms with E-state index in [0.717, 1.165) is 25.7 Å². The number of hydrogen-bond donors (Lipinski definition) is 1. The predicted octanol–water partition coefficient (Wildman–Crippen LogP) is 3.62. The molecule has 1 N–H and O–H groups in total. The fourth-order valence-electron chi connectivity index (χ4n) is 6.65. The number of fused-ring (bicyclic) bond motifs is 5. The molecule has 3 aliphatic rings. The summed E-state index contributed by atoms with van der Waals surface area (Å²) in [5.74, 6) is 1.34. The maximum absolute atomic E-state index is 11.7. The molecule has 0 aliphatic heterocycles. The van der Waals surface area contributed by atoms with Gasteiger partial charge in [0.05, 0.1) is 6.10 Å². The summed E-state index contributed by atoms with van der Waals surface area (Å²) in [6, 6.07) is 6.02. The molecular weight excluding hydrogens is 356 g/mol. The molecule has 28 heavy (non-hydrogen) atoms. The molecule has 0 radical (unpaired) electrons. The monoisotopic (exact) mass is 386 g/mol. The molecule has 0 amide bonds. The molecule has 2 saturated carbocycles. The van der Waals surface area contributed by atoms with Gasteiger partial charge in [0.15, 0.2) is 0 Å². The number of ether oxygens (including phenoxy) is 2. The van der Waals surface area contributed by atoms with Crippen molar-refractivity contribution in [2.24, 2.45) is 23.2 Å². The molecule has 3 unspecified atom stereocenters. The van der Waals surface area contributed by atoms with Crippen molar-refractivity contribution in [3.63, 3.8) is 0 Å². The number of esters is 2. The van der Waals surface area contributed by atoms with E-state index in [9.17, 15) is 14.7 Å². The van der Waals surface area contributed by atoms with E-state index in [0.29, 0.717) is 23.5 Å². The Labute approximate surface area is 166 Å². The van der Waals surface area contributed by atoms with E-state index >= 15 is 0 Å². The first kappa shape index (κ1) is 19.4. The highest BCUT2D eigenvalue weighted by Gasteiger charge is 2.62. The fourth-order valence-corrected chi connectivity index (χ4v) is 6.65. The van der Waals surface area contributed by atoms with Crippen LogP contribution in [0.5, 0.6) is 5.75 Å². The van der Waals surface area contributed by atoms with Gasteiger partial charge in [-0.15, -0.1) is 0 Å². The number of aliphatic hydroxyl groups excluding tert-OH is 1. The van der Waals surface area contributed by atoms with Crippen molar-refractivity contribution >= 4 is 11.9 Å². The van der Waals surface area contributed by atoms with E-state index in [1.807, 2.05) is 12.1 Å². The minimum atomic E-state index is -0.606. The Hall–Kier alpha value is -1.88. The summed E-state index contributed by atoms with van der Waals surface area (Å²) in [6.45, 7) is 7.16. The van der Waals surface area contributed by atoms with Gasteiger partial charge in [-0.25, -0.2) is 0 Å². The van der Waals surface area contributed by atoms with E-state index in [4.69, 9.17) is 9.47 Å². The second-order valence-corrected chi connectivity index (χ2v) is 9.21. The van der Waals surface area contributed by atoms with Gasteiger partial charge in [-0.3, -0.25) is 9.59 Å². The van der Waals surface area contributed by atoms with Crippen LogP contribution < -0.4 is 4.74 Å². The lowest BCUT2D eigenvalue weighted by Gasteiger charge is -2.51. The Kier molecular flexibility index (Phi) is 4.77. The van der Waals surface area contributed by atoms with Crippen LogP contribution in [0, 0.1) is 23.2 Å². The number of rotatable bonds is 2. The molecule has 152 valence electrons. The largest absolute Gasteiger partial charge is 0.459 e. The highest BCUT2D eigenvalue weighted by Crippen LogP contribution is 2.63. The van der Waals surface area contributed by atoms with Crippen molar-refractivity contribution in [3.05, 3.63) is 29.3 Å². The highest BCUT2D eigenvalue weighted by molar-refractivity contribution is 5.69. The molecule has 3 aliphatic carbocycles. The van der Waals surface area contributed by atoms with Crippen LogP contribution in [0.3, 0.4) is 0 Å². The molecule has 2 fully saturated rings. The Balaban J connectivity index is 1.65. The van der Waals surface area contributed by atoms with Gasteiger partial charge >= 0.3 is 11.9 Å². The van der Waals surface area contributed by atoms with Crippen molar-refractivity contribution < 1.29 is 24.2 Å². The van der Waals surface area contributed by atoms with E-state index < -0.39 is 12.2 Å². The van der Waals surface area contributed by atoms with Crippen LogP contribution in [-0.2, 0) is 20.7 Å². The average Bonchev–Trinajstić information content (AvgIpc) is 2.81. The number of aryl methyl sites for hydroxylation is 1. The lowest BCUT2D eigenvalue weighted by atomic mass is 9.54. The van der Waals surface area contributed by atoms with Crippen molar-refractivity contribution in [2.45, 2.75) is 71.5 Å². The zero-order valence-electron chi connectivity index (χ0n) is 17.1. The van der Waals surface area contributed by atoms with Crippen LogP contribution in [0.4, 0.5) is 0 Å². The number of carbonyl (C=O) groups excluding carboxylic acids is 2. The second kappa shape index (κ2) is 6.87. The van der Waals surface area contributed by atoms with Crippen molar-refractivity contribution in [1.82, 2.24) is 0 Å². The summed E-state index contributed by atoms with van der Waals surface area (Å²) in [4.78, 5) is 22.9. The fraction of sp³-hybridized carbons (Fsp3) is 0.652. The molecule has 7 atom stereocenters. The molecular formula is C23H30O5. The smallest absolute Gasteiger partial charge is 0.308 e. The third kappa shape index (κ3) is 2.95. The number of aliphatic hydroxyl groups is 1. The Bertz CT molecular complexity index is 802. The highest BCUT2D eigenvalue weighted by atomic mass is 16.6. The van der Waals surface area contributed by atoms with Gasteiger partial charge in [0.1, 0.15) is 11.9 Å². The van der Waals surface area contributed by atoms with Crippen LogP contribution in [0.25, 0.3) is 0 Å². The molecule has 0 spiro atoms. The minimum absolute atomic E-state index is 0.101. The average molecular weight is 386 g/mol. The molecule has 0 heterocycles. The van der Waals surface area contributed by atoms with Crippen LogP contribution in [0.15, 0.2) is 18.2 Å². The number of hydrogen-bond acceptors (Lipinski definition) is 5. The maximum atomic E-state index is 11.7. The third-order valence-corrected chi connectivity index (χ3v) is 7.61. The first-order chi connectivity index (χ1) is 13.2. The van der Waals surface area contributed by atoms with Gasteiger partial charge in [-0.05, 0) is 72.6 Å². The topological polar surface area (TPSA) is 72.8 Å². The molecule has 4 rings (SSSR count). The van der Waals surface area contributed by atoms with E-state index in [2.05, 4.69) is 19.9 Å². The second-order valence-electron chi connectivity index (χ2n) is 9.21. The zero-order chi connectivity index (χ0) is 20.2. The van der Waals surface area contributed by atoms with E-state index in [-0.39, 0.29) is 23.3 Å². The summed E-state index contributed by atoms with van der Waals surface area (Å²) < 4.78 is 10.9. The van der Waals surface area contributed by atoms with E-state index in [1.54, 1.807) is 0 Å². The standard InChI is InChI=1S/C23H30O5/c1-12-20-19-7-5-15-11-16(27-13(2)24)6-8-17(15)18(19)9-10-23(20,4)22(21(12)26)28-14(3)25/h6,8,11-12,18-22,26H,5,7,9-10H2,1-4H3/t12-,18?,19?,20?,21-,22+,23+/m1/s1. The van der Waals surface area contributed by atoms with Gasteiger partial charge in [-0.2, -0.15) is 0 Å². The molecule has 5 nitrogen and oxygen atoms in total. The van der Waals surface area contributed by atoms with Crippen molar-refractivity contribution in [1.29, 1.82) is 0 Å². The normalized spacial score (nSPS) is 38.8. The van der Waals surface area contributed by atoms with Crippen LogP contribution in [-0.4, -0.2) is 29.3 Å². The number of benzene rings is 1. The molecule has 1 aromatic carbocycles. The first-order valence-electron chi connectivity index (χ1n) is 10.4. The maximum Gasteiger partial charge on any atom is 0.308 e. The van der Waals surface area contributed by atoms with Crippen molar-refractivity contribution in [2.75, 3.05) is 0 Å². The summed E-state index contributed by atoms with van der Waals surface area (Å²) in [6.07, 6.45) is 2.92. The molecule has 1 aromatic rings. The summed E-state index contributed by atoms with van der Waals surface area (Å²) in [5.41, 5.74) is 2.44. The predicted molar refractivity (Wildman–Crippen MR) is 104 cm³/mol. The lowest BCUT2D eigenvalue weighted by molar-refractivity contribution is -0.161. The lowest BCUT2D eigenvalue weighted by Crippen LogP contribution is -2.46. The summed E-state index contributed by atoms with van der Waals surface area (Å²) in [5, 5.41) is 10.9. The van der Waals surface area contributed by atoms with Crippen LogP contribution in [0.2, 0.25) is 0 Å². The number of carbonyl (C=O) groups is 2. The van der Waals surface area contributed by atoms with Crippen LogP contribution >= 0.6 is 0 Å².